The largest absolute Gasteiger partial charge is 0.376 e. The third-order valence-electron chi connectivity index (χ3n) is 6.61. The number of halogens is 1. The van der Waals surface area contributed by atoms with Crippen LogP contribution in [-0.2, 0) is 0 Å². The number of carbonyl (C=O) groups excluding carboxylic acids is 1. The Hall–Kier alpha value is -3.26. The van der Waals surface area contributed by atoms with Crippen molar-refractivity contribution in [2.45, 2.75) is 25.7 Å². The van der Waals surface area contributed by atoms with Gasteiger partial charge in [0.25, 0.3) is 5.91 Å². The summed E-state index contributed by atoms with van der Waals surface area (Å²) in [5.74, 6) is 0.359. The predicted octanol–water partition coefficient (Wildman–Crippen LogP) is 7.11. The van der Waals surface area contributed by atoms with Crippen molar-refractivity contribution in [2.24, 2.45) is 5.73 Å². The van der Waals surface area contributed by atoms with Crippen LogP contribution in [0.25, 0.3) is 21.7 Å². The zero-order chi connectivity index (χ0) is 25.9. The lowest BCUT2D eigenvalue weighted by Crippen LogP contribution is -2.37. The summed E-state index contributed by atoms with van der Waals surface area (Å²) in [6, 6.07) is 23.7. The number of likely N-dealkylation sites (tertiary alicyclic amines) is 1. The highest BCUT2D eigenvalue weighted by Gasteiger charge is 2.28. The summed E-state index contributed by atoms with van der Waals surface area (Å²) < 4.78 is 0. The van der Waals surface area contributed by atoms with E-state index in [-0.39, 0.29) is 11.0 Å². The molecule has 0 unspecified atom stereocenters. The molecule has 5 rings (SSSR count). The Morgan fingerprint density at radius 3 is 2.24 bits per heavy atom. The summed E-state index contributed by atoms with van der Waals surface area (Å²) in [7, 11) is 0. The molecule has 0 spiro atoms. The Balaban J connectivity index is 1.33. The van der Waals surface area contributed by atoms with E-state index < -0.39 is 0 Å². The van der Waals surface area contributed by atoms with Gasteiger partial charge in [-0.15, -0.1) is 11.3 Å². The quantitative estimate of drug-likeness (QED) is 0.261. The van der Waals surface area contributed by atoms with Crippen molar-refractivity contribution >= 4 is 51.9 Å². The lowest BCUT2D eigenvalue weighted by molar-refractivity contribution is 0.0713. The number of aryl methyl sites for hydroxylation is 1. The number of nitrogens with zero attached hydrogens (tertiary/aromatic N) is 2. The summed E-state index contributed by atoms with van der Waals surface area (Å²) in [4.78, 5) is 21.3. The van der Waals surface area contributed by atoms with Crippen LogP contribution in [-0.4, -0.2) is 34.0 Å². The number of rotatable bonds is 5. The third kappa shape index (κ3) is 5.85. The highest BCUT2D eigenvalue weighted by molar-refractivity contribution is 7.80. The lowest BCUT2D eigenvalue weighted by atomic mass is 9.96. The number of hydrogen-bond donors (Lipinski definition) is 2. The molecule has 0 atom stereocenters. The average molecular weight is 547 g/mol. The first-order chi connectivity index (χ1) is 17.9. The molecule has 0 saturated carbocycles. The molecule has 5 nitrogen and oxygen atoms in total. The molecule has 1 aliphatic heterocycles. The molecule has 1 fully saturated rings. The number of aromatic nitrogens is 1. The molecule has 37 heavy (non-hydrogen) atoms. The van der Waals surface area contributed by atoms with E-state index >= 15 is 0 Å². The van der Waals surface area contributed by atoms with E-state index in [9.17, 15) is 4.79 Å². The van der Waals surface area contributed by atoms with Gasteiger partial charge in [-0.25, -0.2) is 4.98 Å². The van der Waals surface area contributed by atoms with Crippen molar-refractivity contribution in [3.05, 3.63) is 94.0 Å². The molecule has 1 saturated heterocycles. The molecule has 0 bridgehead atoms. The molecule has 3 aromatic carbocycles. The van der Waals surface area contributed by atoms with Gasteiger partial charge in [0, 0.05) is 40.8 Å². The minimum atomic E-state index is 0.0432. The Morgan fingerprint density at radius 1 is 1.00 bits per heavy atom. The van der Waals surface area contributed by atoms with Gasteiger partial charge in [-0.05, 0) is 73.9 Å². The third-order valence-corrected chi connectivity index (χ3v) is 8.23. The number of anilines is 1. The molecule has 1 aromatic heterocycles. The SMILES string of the molecule is Cc1ccc(-c2sc(C3CCN(C(=O)c4ccc(NC(N)=S)cc4)CC3)nc2-c2ccc(Cl)cc2)cc1. The summed E-state index contributed by atoms with van der Waals surface area (Å²) in [6.07, 6.45) is 1.77. The van der Waals surface area contributed by atoms with Crippen LogP contribution in [0.15, 0.2) is 72.8 Å². The first-order valence-corrected chi connectivity index (χ1v) is 13.8. The van der Waals surface area contributed by atoms with Gasteiger partial charge in [-0.2, -0.15) is 0 Å². The number of thiocarbonyl (C=S) groups is 1. The molecule has 0 aliphatic carbocycles. The van der Waals surface area contributed by atoms with E-state index in [1.807, 2.05) is 53.4 Å². The number of nitrogens with one attached hydrogen (secondary N) is 1. The van der Waals surface area contributed by atoms with Crippen LogP contribution in [0.2, 0.25) is 5.02 Å². The first kappa shape index (κ1) is 25.4. The van der Waals surface area contributed by atoms with Gasteiger partial charge >= 0.3 is 0 Å². The van der Waals surface area contributed by atoms with Gasteiger partial charge in [0.05, 0.1) is 15.6 Å². The van der Waals surface area contributed by atoms with Gasteiger partial charge < -0.3 is 16.0 Å². The van der Waals surface area contributed by atoms with Crippen LogP contribution in [0.5, 0.6) is 0 Å². The van der Waals surface area contributed by atoms with Crippen molar-refractivity contribution in [3.63, 3.8) is 0 Å². The van der Waals surface area contributed by atoms with Gasteiger partial charge in [-0.3, -0.25) is 4.79 Å². The fraction of sp³-hybridized carbons (Fsp3) is 0.207. The first-order valence-electron chi connectivity index (χ1n) is 12.2. The topological polar surface area (TPSA) is 71.2 Å². The van der Waals surface area contributed by atoms with Crippen molar-refractivity contribution < 1.29 is 4.79 Å². The van der Waals surface area contributed by atoms with E-state index in [1.54, 1.807) is 11.3 Å². The molecule has 1 aliphatic rings. The molecule has 8 heteroatoms. The molecule has 188 valence electrons. The normalized spacial score (nSPS) is 13.9. The van der Waals surface area contributed by atoms with Crippen molar-refractivity contribution in [2.75, 3.05) is 18.4 Å². The monoisotopic (exact) mass is 546 g/mol. The minimum absolute atomic E-state index is 0.0432. The smallest absolute Gasteiger partial charge is 0.253 e. The second-order valence-electron chi connectivity index (χ2n) is 9.24. The van der Waals surface area contributed by atoms with Crippen LogP contribution in [0, 0.1) is 6.92 Å². The van der Waals surface area contributed by atoms with E-state index in [4.69, 9.17) is 34.5 Å². The maximum Gasteiger partial charge on any atom is 0.253 e. The summed E-state index contributed by atoms with van der Waals surface area (Å²) in [6.45, 7) is 3.50. The standard InChI is InChI=1S/C29H27ClN4OS2/c1-18-2-4-20(5-3-18)26-25(19-6-10-23(30)11-7-19)33-27(37-26)21-14-16-34(17-15-21)28(35)22-8-12-24(13-9-22)32-29(31)36/h2-13,21H,14-17H2,1H3,(H3,31,32,36). The van der Waals surface area contributed by atoms with Crippen molar-refractivity contribution in [1.29, 1.82) is 0 Å². The van der Waals surface area contributed by atoms with E-state index in [0.29, 0.717) is 29.6 Å². The van der Waals surface area contributed by atoms with Crippen molar-refractivity contribution in [1.82, 2.24) is 9.88 Å². The second kappa shape index (κ2) is 11.0. The van der Waals surface area contributed by atoms with E-state index in [0.717, 1.165) is 34.8 Å². The van der Waals surface area contributed by atoms with Gasteiger partial charge in [-0.1, -0.05) is 53.6 Å². The second-order valence-corrected chi connectivity index (χ2v) is 11.1. The summed E-state index contributed by atoms with van der Waals surface area (Å²) >= 11 is 12.8. The average Bonchev–Trinajstić information content (AvgIpc) is 3.35. The molecular formula is C29H27ClN4OS2. The maximum absolute atomic E-state index is 13.1. The number of carbonyl (C=O) groups is 1. The molecule has 4 aromatic rings. The van der Waals surface area contributed by atoms with E-state index in [1.165, 1.54) is 16.0 Å². The fourth-order valence-electron chi connectivity index (χ4n) is 4.57. The van der Waals surface area contributed by atoms with Crippen molar-refractivity contribution in [3.8, 4) is 21.7 Å². The van der Waals surface area contributed by atoms with E-state index in [2.05, 4.69) is 36.5 Å². The molecule has 2 heterocycles. The maximum atomic E-state index is 13.1. The van der Waals surface area contributed by atoms with Crippen LogP contribution in [0.1, 0.15) is 39.7 Å². The molecular weight excluding hydrogens is 520 g/mol. The Bertz CT molecular complexity index is 1350. The lowest BCUT2D eigenvalue weighted by Gasteiger charge is -2.31. The van der Waals surface area contributed by atoms with Crippen LogP contribution >= 0.6 is 35.2 Å². The Labute approximate surface area is 231 Å². The number of thiazole rings is 1. The zero-order valence-corrected chi connectivity index (χ0v) is 22.8. The summed E-state index contributed by atoms with van der Waals surface area (Å²) in [5, 5.41) is 4.92. The van der Waals surface area contributed by atoms with Gasteiger partial charge in [0.1, 0.15) is 0 Å². The minimum Gasteiger partial charge on any atom is -0.376 e. The van der Waals surface area contributed by atoms with Crippen LogP contribution in [0.4, 0.5) is 5.69 Å². The number of piperidine rings is 1. The van der Waals surface area contributed by atoms with Crippen LogP contribution < -0.4 is 11.1 Å². The molecule has 3 N–H and O–H groups in total. The van der Waals surface area contributed by atoms with Gasteiger partial charge in [0.2, 0.25) is 0 Å². The highest BCUT2D eigenvalue weighted by atomic mass is 35.5. The fourth-order valence-corrected chi connectivity index (χ4v) is 6.07. The zero-order valence-electron chi connectivity index (χ0n) is 20.4. The number of benzene rings is 3. The van der Waals surface area contributed by atoms with Crippen LogP contribution in [0.3, 0.4) is 0 Å². The summed E-state index contributed by atoms with van der Waals surface area (Å²) in [5.41, 5.74) is 11.4. The Morgan fingerprint density at radius 2 is 1.62 bits per heavy atom. The number of amides is 1. The number of nitrogens with two attached hydrogens (primary N) is 1. The predicted molar refractivity (Wildman–Crippen MR) is 157 cm³/mol. The number of hydrogen-bond acceptors (Lipinski definition) is 4. The molecule has 1 amide bonds. The Kier molecular flexibility index (Phi) is 7.55. The molecule has 0 radical (unpaired) electrons. The van der Waals surface area contributed by atoms with Gasteiger partial charge in [0.15, 0.2) is 5.11 Å². The highest BCUT2D eigenvalue weighted by Crippen LogP contribution is 2.42.